The molecule has 0 aromatic heterocycles. The van der Waals surface area contributed by atoms with Crippen LogP contribution in [-0.2, 0) is 6.18 Å². The Morgan fingerprint density at radius 1 is 1.42 bits per heavy atom. The van der Waals surface area contributed by atoms with Crippen LogP contribution in [0.4, 0.5) is 28.0 Å². The minimum atomic E-state index is -4.86. The van der Waals surface area contributed by atoms with Gasteiger partial charge in [0.05, 0.1) is 12.2 Å². The maximum absolute atomic E-state index is 13.4. The normalized spacial score (nSPS) is 18.8. The van der Waals surface area contributed by atoms with Gasteiger partial charge in [0.2, 0.25) is 0 Å². The molecule has 134 valence electrons. The van der Waals surface area contributed by atoms with Crippen molar-refractivity contribution in [2.75, 3.05) is 31.1 Å². The number of urea groups is 1. The molecule has 1 fully saturated rings. The van der Waals surface area contributed by atoms with Gasteiger partial charge in [-0.25, -0.2) is 9.18 Å². The highest BCUT2D eigenvalue weighted by atomic mass is 19.4. The molecule has 24 heavy (non-hydrogen) atoms. The van der Waals surface area contributed by atoms with Crippen LogP contribution in [0.1, 0.15) is 18.4 Å². The zero-order chi connectivity index (χ0) is 17.9. The molecule has 1 aliphatic heterocycles. The first-order valence-corrected chi connectivity index (χ1v) is 7.52. The number of nitrogens with two attached hydrogens (primary N) is 1. The fraction of sp³-hybridized carbons (Fsp3) is 0.533. The van der Waals surface area contributed by atoms with E-state index < -0.39 is 23.6 Å². The molecule has 0 unspecified atom stereocenters. The summed E-state index contributed by atoms with van der Waals surface area (Å²) in [7, 11) is 0. The molecular formula is C15H19F4N3O2. The molecule has 1 heterocycles. The quantitative estimate of drug-likeness (QED) is 0.801. The number of carbonyl (C=O) groups is 1. The molecule has 1 saturated heterocycles. The Hall–Kier alpha value is -1.87. The van der Waals surface area contributed by atoms with Gasteiger partial charge in [0.25, 0.3) is 0 Å². The van der Waals surface area contributed by atoms with E-state index in [1.165, 1.54) is 0 Å². The lowest BCUT2D eigenvalue weighted by atomic mass is 10.1. The van der Waals surface area contributed by atoms with Crippen LogP contribution >= 0.6 is 0 Å². The van der Waals surface area contributed by atoms with Gasteiger partial charge in [-0.3, -0.25) is 9.80 Å². The van der Waals surface area contributed by atoms with Gasteiger partial charge in [-0.1, -0.05) is 0 Å². The minimum Gasteiger partial charge on any atom is -0.395 e. The third-order valence-electron chi connectivity index (χ3n) is 4.15. The Labute approximate surface area is 136 Å². The first-order chi connectivity index (χ1) is 11.2. The molecule has 1 aromatic rings. The van der Waals surface area contributed by atoms with Crippen molar-refractivity contribution in [2.24, 2.45) is 5.73 Å². The summed E-state index contributed by atoms with van der Waals surface area (Å²) in [5.74, 6) is -1.41. The molecule has 3 N–H and O–H groups in total. The third kappa shape index (κ3) is 4.15. The fourth-order valence-electron chi connectivity index (χ4n) is 2.89. The Kier molecular flexibility index (Phi) is 5.66. The van der Waals surface area contributed by atoms with E-state index in [2.05, 4.69) is 0 Å². The van der Waals surface area contributed by atoms with Crippen molar-refractivity contribution < 1.29 is 27.5 Å². The van der Waals surface area contributed by atoms with Crippen LogP contribution < -0.4 is 10.6 Å². The highest BCUT2D eigenvalue weighted by molar-refractivity contribution is 5.90. The molecule has 1 atom stereocenters. The van der Waals surface area contributed by atoms with E-state index in [9.17, 15) is 27.5 Å². The van der Waals surface area contributed by atoms with Gasteiger partial charge in [0.1, 0.15) is 5.82 Å². The van der Waals surface area contributed by atoms with Crippen LogP contribution in [0.3, 0.4) is 0 Å². The van der Waals surface area contributed by atoms with Crippen LogP contribution in [0.2, 0.25) is 0 Å². The summed E-state index contributed by atoms with van der Waals surface area (Å²) in [4.78, 5) is 14.5. The first kappa shape index (κ1) is 18.5. The second kappa shape index (κ2) is 7.35. The number of carbonyl (C=O) groups excluding carboxylic acids is 1. The standard InChI is InChI=1S/C15H19F4N3O2/c16-13-4-3-10(8-12(13)15(17,18)19)22(14(20)24)7-6-21-5-1-2-11(21)9-23/h3-4,8,11,23H,1-2,5-7,9H2,(H2,20,24)/t11-/m0/s1. The molecule has 2 rings (SSSR count). The van der Waals surface area contributed by atoms with Crippen molar-refractivity contribution in [1.82, 2.24) is 4.90 Å². The number of primary amides is 1. The number of anilines is 1. The van der Waals surface area contributed by atoms with Crippen molar-refractivity contribution in [3.63, 3.8) is 0 Å². The van der Waals surface area contributed by atoms with Gasteiger partial charge in [-0.05, 0) is 37.6 Å². The predicted molar refractivity (Wildman–Crippen MR) is 80.0 cm³/mol. The number of halogens is 4. The molecule has 0 radical (unpaired) electrons. The van der Waals surface area contributed by atoms with E-state index in [1.54, 1.807) is 0 Å². The van der Waals surface area contributed by atoms with E-state index >= 15 is 0 Å². The predicted octanol–water partition coefficient (Wildman–Crippen LogP) is 2.19. The number of benzene rings is 1. The lowest BCUT2D eigenvalue weighted by molar-refractivity contribution is -0.139. The summed E-state index contributed by atoms with van der Waals surface area (Å²) in [6, 6.07) is 1.38. The fourth-order valence-corrected chi connectivity index (χ4v) is 2.89. The molecular weight excluding hydrogens is 330 g/mol. The molecule has 9 heteroatoms. The maximum Gasteiger partial charge on any atom is 0.419 e. The Balaban J connectivity index is 2.17. The smallest absolute Gasteiger partial charge is 0.395 e. The van der Waals surface area contributed by atoms with E-state index in [4.69, 9.17) is 5.73 Å². The zero-order valence-electron chi connectivity index (χ0n) is 12.9. The molecule has 0 spiro atoms. The number of nitrogens with zero attached hydrogens (tertiary/aromatic N) is 2. The molecule has 1 aromatic carbocycles. The van der Waals surface area contributed by atoms with Gasteiger partial charge in [-0.2, -0.15) is 13.2 Å². The van der Waals surface area contributed by atoms with Crippen LogP contribution in [0.15, 0.2) is 18.2 Å². The van der Waals surface area contributed by atoms with Gasteiger partial charge in [-0.15, -0.1) is 0 Å². The highest BCUT2D eigenvalue weighted by Gasteiger charge is 2.35. The summed E-state index contributed by atoms with van der Waals surface area (Å²) in [5.41, 5.74) is 3.70. The Morgan fingerprint density at radius 2 is 2.12 bits per heavy atom. The number of rotatable bonds is 5. The molecule has 5 nitrogen and oxygen atoms in total. The molecule has 2 amide bonds. The van der Waals surface area contributed by atoms with Crippen molar-refractivity contribution in [1.29, 1.82) is 0 Å². The van der Waals surface area contributed by atoms with Crippen LogP contribution in [0.25, 0.3) is 0 Å². The Bertz CT molecular complexity index is 595. The van der Waals surface area contributed by atoms with Gasteiger partial charge < -0.3 is 10.8 Å². The minimum absolute atomic E-state index is 0.0225. The summed E-state index contributed by atoms with van der Waals surface area (Å²) in [6.45, 7) is 1.11. The van der Waals surface area contributed by atoms with Crippen LogP contribution in [-0.4, -0.2) is 48.3 Å². The number of aliphatic hydroxyl groups excluding tert-OH is 1. The van der Waals surface area contributed by atoms with Crippen LogP contribution in [0.5, 0.6) is 0 Å². The topological polar surface area (TPSA) is 69.8 Å². The number of amides is 2. The number of likely N-dealkylation sites (tertiary alicyclic amines) is 1. The van der Waals surface area contributed by atoms with E-state index in [-0.39, 0.29) is 24.9 Å². The molecule has 0 aliphatic carbocycles. The van der Waals surface area contributed by atoms with Crippen molar-refractivity contribution >= 4 is 11.7 Å². The van der Waals surface area contributed by atoms with Crippen molar-refractivity contribution in [3.8, 4) is 0 Å². The van der Waals surface area contributed by atoms with Crippen LogP contribution in [0, 0.1) is 5.82 Å². The molecule has 0 saturated carbocycles. The number of alkyl halides is 3. The first-order valence-electron chi connectivity index (χ1n) is 7.52. The Morgan fingerprint density at radius 3 is 2.71 bits per heavy atom. The van der Waals surface area contributed by atoms with Crippen molar-refractivity contribution in [2.45, 2.75) is 25.1 Å². The number of hydrogen-bond acceptors (Lipinski definition) is 3. The van der Waals surface area contributed by atoms with Gasteiger partial charge in [0, 0.05) is 24.8 Å². The summed E-state index contributed by atoms with van der Waals surface area (Å²) >= 11 is 0. The third-order valence-corrected chi connectivity index (χ3v) is 4.15. The average Bonchev–Trinajstić information content (AvgIpc) is 2.95. The lowest BCUT2D eigenvalue weighted by Gasteiger charge is -2.27. The van der Waals surface area contributed by atoms with E-state index in [0.717, 1.165) is 30.4 Å². The summed E-state index contributed by atoms with van der Waals surface area (Å²) in [5, 5.41) is 9.27. The van der Waals surface area contributed by atoms with Gasteiger partial charge >= 0.3 is 12.2 Å². The van der Waals surface area contributed by atoms with E-state index in [0.29, 0.717) is 18.7 Å². The highest BCUT2D eigenvalue weighted by Crippen LogP contribution is 2.34. The van der Waals surface area contributed by atoms with E-state index in [1.807, 2.05) is 4.90 Å². The number of aliphatic hydroxyl groups is 1. The molecule has 0 bridgehead atoms. The summed E-state index contributed by atoms with van der Waals surface area (Å²) < 4.78 is 51.8. The zero-order valence-corrected chi connectivity index (χ0v) is 12.9. The second-order valence-corrected chi connectivity index (χ2v) is 5.67. The van der Waals surface area contributed by atoms with Gasteiger partial charge in [0.15, 0.2) is 0 Å². The lowest BCUT2D eigenvalue weighted by Crippen LogP contribution is -2.43. The largest absolute Gasteiger partial charge is 0.419 e. The SMILES string of the molecule is NC(=O)N(CCN1CCC[C@H]1CO)c1ccc(F)c(C(F)(F)F)c1. The average molecular weight is 349 g/mol. The summed E-state index contributed by atoms with van der Waals surface area (Å²) in [6.07, 6.45) is -3.14. The number of hydrogen-bond donors (Lipinski definition) is 2. The monoisotopic (exact) mass is 349 g/mol. The second-order valence-electron chi connectivity index (χ2n) is 5.67. The molecule has 1 aliphatic rings. The maximum atomic E-state index is 13.4. The van der Waals surface area contributed by atoms with Crippen molar-refractivity contribution in [3.05, 3.63) is 29.6 Å².